The minimum atomic E-state index is -0.751. The Labute approximate surface area is 200 Å². The molecule has 0 atom stereocenters. The minimum Gasteiger partial charge on any atom is -0.493 e. The molecule has 4 rings (SSSR count). The van der Waals surface area contributed by atoms with Crippen molar-refractivity contribution in [2.75, 3.05) is 58.5 Å². The summed E-state index contributed by atoms with van der Waals surface area (Å²) in [5.74, 6) is -0.617. The van der Waals surface area contributed by atoms with Crippen LogP contribution in [0.15, 0.2) is 36.4 Å². The third-order valence-corrected chi connectivity index (χ3v) is 6.49. The van der Waals surface area contributed by atoms with E-state index in [9.17, 15) is 13.6 Å². The SMILES string of the molecule is COc1ccc(/C=C/C(=O)N(CCN2CCOCC2)c2nc3c(F)cc(F)cc3s2)cc1OC. The number of carbonyl (C=O) groups is 1. The molecule has 2 aromatic carbocycles. The number of hydrogen-bond acceptors (Lipinski definition) is 7. The molecule has 34 heavy (non-hydrogen) atoms. The first-order chi connectivity index (χ1) is 16.5. The van der Waals surface area contributed by atoms with E-state index in [1.165, 1.54) is 17.0 Å². The lowest BCUT2D eigenvalue weighted by atomic mass is 10.2. The minimum absolute atomic E-state index is 0.0504. The predicted molar refractivity (Wildman–Crippen MR) is 128 cm³/mol. The Bertz CT molecular complexity index is 1190. The molecule has 2 heterocycles. The van der Waals surface area contributed by atoms with Crippen molar-refractivity contribution < 1.29 is 27.8 Å². The van der Waals surface area contributed by atoms with Gasteiger partial charge >= 0.3 is 0 Å². The molecule has 1 fully saturated rings. The number of fused-ring (bicyclic) bond motifs is 1. The van der Waals surface area contributed by atoms with Crippen LogP contribution in [0, 0.1) is 11.6 Å². The Morgan fingerprint density at radius 1 is 1.18 bits per heavy atom. The van der Waals surface area contributed by atoms with Gasteiger partial charge in [0.15, 0.2) is 22.4 Å². The van der Waals surface area contributed by atoms with Gasteiger partial charge in [-0.05, 0) is 29.8 Å². The van der Waals surface area contributed by atoms with Gasteiger partial charge in [0.1, 0.15) is 11.3 Å². The van der Waals surface area contributed by atoms with Crippen LogP contribution in [0.5, 0.6) is 11.5 Å². The fraction of sp³-hybridized carbons (Fsp3) is 0.333. The van der Waals surface area contributed by atoms with Gasteiger partial charge in [0, 0.05) is 38.3 Å². The van der Waals surface area contributed by atoms with E-state index in [0.717, 1.165) is 36.1 Å². The number of rotatable bonds is 8. The number of hydrogen-bond donors (Lipinski definition) is 0. The average molecular weight is 490 g/mol. The van der Waals surface area contributed by atoms with E-state index in [1.54, 1.807) is 38.5 Å². The highest BCUT2D eigenvalue weighted by Crippen LogP contribution is 2.32. The molecule has 1 aliphatic rings. The van der Waals surface area contributed by atoms with Crippen LogP contribution in [-0.4, -0.2) is 69.4 Å². The fourth-order valence-corrected chi connectivity index (χ4v) is 4.68. The average Bonchev–Trinajstić information content (AvgIpc) is 3.27. The number of nitrogens with zero attached hydrogens (tertiary/aromatic N) is 3. The molecule has 0 spiro atoms. The van der Waals surface area contributed by atoms with Crippen LogP contribution < -0.4 is 14.4 Å². The number of amides is 1. The Hall–Kier alpha value is -3.08. The fourth-order valence-electron chi connectivity index (χ4n) is 3.64. The molecular weight excluding hydrogens is 464 g/mol. The van der Waals surface area contributed by atoms with Gasteiger partial charge in [0.05, 0.1) is 32.1 Å². The number of aromatic nitrogens is 1. The number of carbonyl (C=O) groups excluding carboxylic acids is 1. The van der Waals surface area contributed by atoms with Gasteiger partial charge in [-0.25, -0.2) is 13.8 Å². The van der Waals surface area contributed by atoms with Crippen molar-refractivity contribution in [2.45, 2.75) is 0 Å². The number of anilines is 1. The Morgan fingerprint density at radius 3 is 2.68 bits per heavy atom. The van der Waals surface area contributed by atoms with Crippen LogP contribution in [0.1, 0.15) is 5.56 Å². The molecule has 0 unspecified atom stereocenters. The summed E-state index contributed by atoms with van der Waals surface area (Å²) < 4.78 is 44.2. The molecule has 1 amide bonds. The summed E-state index contributed by atoms with van der Waals surface area (Å²) >= 11 is 1.08. The van der Waals surface area contributed by atoms with E-state index in [0.29, 0.717) is 47.6 Å². The Kier molecular flexibility index (Phi) is 7.71. The molecule has 7 nitrogen and oxygen atoms in total. The highest BCUT2D eigenvalue weighted by molar-refractivity contribution is 7.22. The largest absolute Gasteiger partial charge is 0.493 e. The molecule has 10 heteroatoms. The number of halogens is 2. The van der Waals surface area contributed by atoms with Gasteiger partial charge in [0.2, 0.25) is 0 Å². The summed E-state index contributed by atoms with van der Waals surface area (Å²) in [5, 5.41) is 0.315. The lowest BCUT2D eigenvalue weighted by Gasteiger charge is -2.28. The quantitative estimate of drug-likeness (QED) is 0.446. The summed E-state index contributed by atoms with van der Waals surface area (Å²) in [7, 11) is 3.09. The molecular formula is C24H25F2N3O4S. The van der Waals surface area contributed by atoms with Crippen molar-refractivity contribution in [3.8, 4) is 11.5 Å². The van der Waals surface area contributed by atoms with Gasteiger partial charge in [-0.2, -0.15) is 0 Å². The first kappa shape index (κ1) is 24.1. The number of morpholine rings is 1. The lowest BCUT2D eigenvalue weighted by molar-refractivity contribution is -0.114. The molecule has 1 saturated heterocycles. The monoisotopic (exact) mass is 489 g/mol. The first-order valence-corrected chi connectivity index (χ1v) is 11.6. The van der Waals surface area contributed by atoms with Gasteiger partial charge < -0.3 is 14.2 Å². The highest BCUT2D eigenvalue weighted by Gasteiger charge is 2.21. The second-order valence-electron chi connectivity index (χ2n) is 7.62. The normalized spacial score (nSPS) is 14.6. The van der Waals surface area contributed by atoms with E-state index in [1.807, 2.05) is 0 Å². The standard InChI is InChI=1S/C24H25F2N3O4S/c1-31-19-5-3-16(13-20(19)32-2)4-6-22(30)29(8-7-28-9-11-33-12-10-28)24-27-23-18(26)14-17(25)15-21(23)34-24/h3-6,13-15H,7-12H2,1-2H3/b6-4+. The summed E-state index contributed by atoms with van der Waals surface area (Å²) in [6.07, 6.45) is 3.10. The number of methoxy groups -OCH3 is 2. The van der Waals surface area contributed by atoms with Crippen molar-refractivity contribution in [1.29, 1.82) is 0 Å². The highest BCUT2D eigenvalue weighted by atomic mass is 32.1. The maximum atomic E-state index is 14.2. The summed E-state index contributed by atoms with van der Waals surface area (Å²) in [6, 6.07) is 7.34. The van der Waals surface area contributed by atoms with Crippen molar-refractivity contribution >= 4 is 38.7 Å². The smallest absolute Gasteiger partial charge is 0.252 e. The maximum absolute atomic E-state index is 14.2. The van der Waals surface area contributed by atoms with E-state index >= 15 is 0 Å². The van der Waals surface area contributed by atoms with E-state index < -0.39 is 11.6 Å². The number of thiazole rings is 1. The Morgan fingerprint density at radius 2 is 1.94 bits per heavy atom. The van der Waals surface area contributed by atoms with Crippen molar-refractivity contribution in [3.63, 3.8) is 0 Å². The Balaban J connectivity index is 1.60. The molecule has 3 aromatic rings. The lowest BCUT2D eigenvalue weighted by Crippen LogP contribution is -2.42. The van der Waals surface area contributed by atoms with E-state index in [2.05, 4.69) is 9.88 Å². The van der Waals surface area contributed by atoms with Crippen LogP contribution >= 0.6 is 11.3 Å². The third kappa shape index (κ3) is 5.52. The second-order valence-corrected chi connectivity index (χ2v) is 8.63. The second kappa shape index (κ2) is 10.9. The van der Waals surface area contributed by atoms with Gasteiger partial charge in [-0.1, -0.05) is 17.4 Å². The summed E-state index contributed by atoms with van der Waals surface area (Å²) in [6.45, 7) is 3.76. The first-order valence-electron chi connectivity index (χ1n) is 10.8. The van der Waals surface area contributed by atoms with Crippen molar-refractivity contribution in [3.05, 3.63) is 53.6 Å². The summed E-state index contributed by atoms with van der Waals surface area (Å²) in [5.41, 5.74) is 0.797. The van der Waals surface area contributed by atoms with E-state index in [-0.39, 0.29) is 11.4 Å². The van der Waals surface area contributed by atoms with Gasteiger partial charge in [0.25, 0.3) is 5.91 Å². The predicted octanol–water partition coefficient (Wildman–Crippen LogP) is 3.97. The van der Waals surface area contributed by atoms with E-state index in [4.69, 9.17) is 14.2 Å². The van der Waals surface area contributed by atoms with Crippen molar-refractivity contribution in [2.24, 2.45) is 0 Å². The molecule has 0 bridgehead atoms. The van der Waals surface area contributed by atoms with Gasteiger partial charge in [-0.15, -0.1) is 0 Å². The zero-order valence-corrected chi connectivity index (χ0v) is 19.7. The molecule has 1 aliphatic heterocycles. The summed E-state index contributed by atoms with van der Waals surface area (Å²) in [4.78, 5) is 21.2. The molecule has 0 radical (unpaired) electrons. The van der Waals surface area contributed by atoms with Crippen LogP contribution in [-0.2, 0) is 9.53 Å². The zero-order chi connectivity index (χ0) is 24.1. The number of ether oxygens (including phenoxy) is 3. The van der Waals surface area contributed by atoms with Crippen LogP contribution in [0.2, 0.25) is 0 Å². The van der Waals surface area contributed by atoms with Crippen LogP contribution in [0.4, 0.5) is 13.9 Å². The third-order valence-electron chi connectivity index (χ3n) is 5.47. The molecule has 0 N–H and O–H groups in total. The van der Waals surface area contributed by atoms with Crippen LogP contribution in [0.25, 0.3) is 16.3 Å². The molecule has 180 valence electrons. The van der Waals surface area contributed by atoms with Crippen molar-refractivity contribution in [1.82, 2.24) is 9.88 Å². The topological polar surface area (TPSA) is 64.1 Å². The zero-order valence-electron chi connectivity index (χ0n) is 18.9. The number of benzene rings is 2. The molecule has 0 saturated carbocycles. The van der Waals surface area contributed by atoms with Crippen LogP contribution in [0.3, 0.4) is 0 Å². The molecule has 0 aliphatic carbocycles. The molecule has 1 aromatic heterocycles. The van der Waals surface area contributed by atoms with Gasteiger partial charge in [-0.3, -0.25) is 14.6 Å². The maximum Gasteiger partial charge on any atom is 0.252 e.